The van der Waals surface area contributed by atoms with E-state index >= 15 is 0 Å². The van der Waals surface area contributed by atoms with E-state index in [9.17, 15) is 4.39 Å². The number of benzene rings is 2. The summed E-state index contributed by atoms with van der Waals surface area (Å²) in [6, 6.07) is 15.1. The zero-order valence-corrected chi connectivity index (χ0v) is 9.88. The van der Waals surface area contributed by atoms with Crippen LogP contribution in [0.15, 0.2) is 64.2 Å². The Morgan fingerprint density at radius 3 is 2.53 bits per heavy atom. The van der Waals surface area contributed by atoms with E-state index in [1.54, 1.807) is 6.07 Å². The van der Waals surface area contributed by atoms with Gasteiger partial charge in [-0.3, -0.25) is 0 Å². The quantitative estimate of drug-likeness (QED) is 0.534. The number of fused-ring (bicyclic) bond motifs is 1. The molecule has 0 saturated carbocycles. The Kier molecular flexibility index (Phi) is 2.76. The zero-order chi connectivity index (χ0) is 13.2. The Morgan fingerprint density at radius 1 is 1.00 bits per heavy atom. The maximum atomic E-state index is 13.2. The van der Waals surface area contributed by atoms with Crippen LogP contribution in [-0.2, 0) is 0 Å². The number of rotatable bonds is 1. The molecule has 0 amide bonds. The predicted octanol–water partition coefficient (Wildman–Crippen LogP) is 3.53. The van der Waals surface area contributed by atoms with Gasteiger partial charge in [-0.2, -0.15) is 0 Å². The fourth-order valence-corrected chi connectivity index (χ4v) is 1.97. The van der Waals surface area contributed by atoms with E-state index in [0.717, 1.165) is 5.56 Å². The van der Waals surface area contributed by atoms with Crippen LogP contribution in [0.2, 0.25) is 0 Å². The summed E-state index contributed by atoms with van der Waals surface area (Å²) in [5.74, 6) is 0.160. The fourth-order valence-electron chi connectivity index (χ4n) is 1.97. The van der Waals surface area contributed by atoms with E-state index in [1.807, 2.05) is 30.3 Å². The van der Waals surface area contributed by atoms with Crippen molar-refractivity contribution in [3.63, 3.8) is 0 Å². The van der Waals surface area contributed by atoms with Gasteiger partial charge in [0, 0.05) is 17.0 Å². The summed E-state index contributed by atoms with van der Waals surface area (Å²) < 4.78 is 18.9. The summed E-state index contributed by atoms with van der Waals surface area (Å²) >= 11 is 0. The van der Waals surface area contributed by atoms with Crippen molar-refractivity contribution in [2.24, 2.45) is 5.16 Å². The summed E-state index contributed by atoms with van der Waals surface area (Å²) in [5.41, 5.74) is 1.33. The minimum absolute atomic E-state index is 0.277. The lowest BCUT2D eigenvalue weighted by Crippen LogP contribution is -2.03. The maximum absolute atomic E-state index is 13.2. The van der Waals surface area contributed by atoms with E-state index < -0.39 is 5.82 Å². The molecule has 3 rings (SSSR count). The summed E-state index contributed by atoms with van der Waals surface area (Å²) in [4.78, 5) is 0. The van der Waals surface area contributed by atoms with Crippen molar-refractivity contribution in [1.29, 1.82) is 0 Å². The van der Waals surface area contributed by atoms with E-state index in [-0.39, 0.29) is 5.36 Å². The molecule has 2 aromatic carbocycles. The third kappa shape index (κ3) is 2.08. The fraction of sp³-hybridized carbons (Fsp3) is 0. The van der Waals surface area contributed by atoms with Gasteiger partial charge in [0.1, 0.15) is 22.5 Å². The molecule has 0 atom stereocenters. The number of halogens is 1. The molecule has 0 unspecified atom stereocenters. The lowest BCUT2D eigenvalue weighted by Gasteiger charge is -2.04. The molecule has 1 aromatic heterocycles. The molecule has 4 heteroatoms. The molecule has 0 bridgehead atoms. The van der Waals surface area contributed by atoms with Gasteiger partial charge in [0.2, 0.25) is 0 Å². The maximum Gasteiger partial charge on any atom is 0.137 e. The van der Waals surface area contributed by atoms with Crippen molar-refractivity contribution in [3.8, 4) is 11.3 Å². The van der Waals surface area contributed by atoms with Crippen molar-refractivity contribution < 1.29 is 14.0 Å². The van der Waals surface area contributed by atoms with Gasteiger partial charge in [0.25, 0.3) is 0 Å². The Labute approximate surface area is 108 Å². The van der Waals surface area contributed by atoms with Gasteiger partial charge in [-0.1, -0.05) is 35.5 Å². The second-order valence-corrected chi connectivity index (χ2v) is 4.10. The first-order valence-corrected chi connectivity index (χ1v) is 5.75. The highest BCUT2D eigenvalue weighted by Crippen LogP contribution is 2.22. The first-order valence-electron chi connectivity index (χ1n) is 5.75. The summed E-state index contributed by atoms with van der Waals surface area (Å²) in [7, 11) is 0. The SMILES string of the molecule is O/N=c1\cc(-c2ccccc2)oc2ccc(F)cc12. The van der Waals surface area contributed by atoms with Crippen LogP contribution in [0.1, 0.15) is 0 Å². The van der Waals surface area contributed by atoms with E-state index in [1.165, 1.54) is 18.2 Å². The highest BCUT2D eigenvalue weighted by atomic mass is 19.1. The summed E-state index contributed by atoms with van der Waals surface area (Å²) in [5, 5.41) is 13.0. The minimum atomic E-state index is -0.403. The van der Waals surface area contributed by atoms with E-state index in [4.69, 9.17) is 9.62 Å². The molecule has 1 N–H and O–H groups in total. The number of hydrogen-bond donors (Lipinski definition) is 1. The number of hydrogen-bond acceptors (Lipinski definition) is 3. The molecule has 19 heavy (non-hydrogen) atoms. The van der Waals surface area contributed by atoms with Crippen LogP contribution in [0.25, 0.3) is 22.3 Å². The van der Waals surface area contributed by atoms with E-state index in [2.05, 4.69) is 5.16 Å². The Bertz CT molecular complexity index is 794. The zero-order valence-electron chi connectivity index (χ0n) is 9.88. The lowest BCUT2D eigenvalue weighted by atomic mass is 10.1. The normalized spacial score (nSPS) is 11.9. The average Bonchev–Trinajstić information content (AvgIpc) is 2.47. The highest BCUT2D eigenvalue weighted by molar-refractivity contribution is 5.78. The molecule has 0 radical (unpaired) electrons. The van der Waals surface area contributed by atoms with Crippen LogP contribution < -0.4 is 5.36 Å². The van der Waals surface area contributed by atoms with Crippen LogP contribution in [0.4, 0.5) is 4.39 Å². The average molecular weight is 255 g/mol. The van der Waals surface area contributed by atoms with Gasteiger partial charge < -0.3 is 9.62 Å². The Morgan fingerprint density at radius 2 is 1.79 bits per heavy atom. The smallest absolute Gasteiger partial charge is 0.137 e. The van der Waals surface area contributed by atoms with Crippen LogP contribution in [0.3, 0.4) is 0 Å². The van der Waals surface area contributed by atoms with Crippen LogP contribution >= 0.6 is 0 Å². The molecule has 0 aliphatic heterocycles. The van der Waals surface area contributed by atoms with Crippen molar-refractivity contribution in [2.45, 2.75) is 0 Å². The molecule has 0 aliphatic carbocycles. The lowest BCUT2D eigenvalue weighted by molar-refractivity contribution is 0.302. The molecular formula is C15H10FNO2. The van der Waals surface area contributed by atoms with Gasteiger partial charge in [-0.15, -0.1) is 0 Å². The van der Waals surface area contributed by atoms with E-state index in [0.29, 0.717) is 16.7 Å². The predicted molar refractivity (Wildman–Crippen MR) is 69.0 cm³/mol. The summed E-state index contributed by atoms with van der Waals surface area (Å²) in [6.45, 7) is 0. The molecule has 3 nitrogen and oxygen atoms in total. The van der Waals surface area contributed by atoms with Gasteiger partial charge in [-0.25, -0.2) is 4.39 Å². The van der Waals surface area contributed by atoms with Crippen molar-refractivity contribution in [3.05, 3.63) is 65.8 Å². The van der Waals surface area contributed by atoms with Crippen molar-refractivity contribution >= 4 is 11.0 Å². The third-order valence-electron chi connectivity index (χ3n) is 2.87. The highest BCUT2D eigenvalue weighted by Gasteiger charge is 2.06. The van der Waals surface area contributed by atoms with Gasteiger partial charge in [-0.05, 0) is 18.2 Å². The molecule has 0 spiro atoms. The topological polar surface area (TPSA) is 45.7 Å². The monoisotopic (exact) mass is 255 g/mol. The molecule has 0 aliphatic rings. The van der Waals surface area contributed by atoms with Crippen LogP contribution in [0.5, 0.6) is 0 Å². The minimum Gasteiger partial charge on any atom is -0.456 e. The van der Waals surface area contributed by atoms with Crippen LogP contribution in [-0.4, -0.2) is 5.21 Å². The van der Waals surface area contributed by atoms with Crippen LogP contribution in [0, 0.1) is 5.82 Å². The second-order valence-electron chi connectivity index (χ2n) is 4.10. The van der Waals surface area contributed by atoms with Gasteiger partial charge in [0.05, 0.1) is 0 Å². The molecule has 0 fully saturated rings. The first-order chi connectivity index (χ1) is 9.28. The largest absolute Gasteiger partial charge is 0.456 e. The van der Waals surface area contributed by atoms with Crippen molar-refractivity contribution in [1.82, 2.24) is 0 Å². The van der Waals surface area contributed by atoms with Gasteiger partial charge in [0.15, 0.2) is 0 Å². The second kappa shape index (κ2) is 4.57. The standard InChI is InChI=1S/C15H10FNO2/c16-11-6-7-14-12(8-11)13(17-18)9-15(19-14)10-4-2-1-3-5-10/h1-9,18H/b17-13+. The molecule has 0 saturated heterocycles. The molecular weight excluding hydrogens is 245 g/mol. The molecule has 94 valence electrons. The molecule has 1 heterocycles. The number of nitrogens with zero attached hydrogens (tertiary/aromatic N) is 1. The third-order valence-corrected chi connectivity index (χ3v) is 2.87. The first kappa shape index (κ1) is 11.5. The Hall–Kier alpha value is -2.62. The Balaban J connectivity index is 2.33. The summed E-state index contributed by atoms with van der Waals surface area (Å²) in [6.07, 6.45) is 0. The van der Waals surface area contributed by atoms with Crippen molar-refractivity contribution in [2.75, 3.05) is 0 Å². The molecule has 3 aromatic rings. The van der Waals surface area contributed by atoms with Gasteiger partial charge >= 0.3 is 0 Å².